The second-order valence-corrected chi connectivity index (χ2v) is 10.6. The van der Waals surface area contributed by atoms with Crippen molar-refractivity contribution >= 4 is 35.1 Å². The molecule has 10 heteroatoms. The van der Waals surface area contributed by atoms with Crippen LogP contribution in [0.25, 0.3) is 0 Å². The largest absolute Gasteiger partial charge is 0.493 e. The molecule has 0 aromatic heterocycles. The molecule has 0 bridgehead atoms. The smallest absolute Gasteiger partial charge is 0.306 e. The summed E-state index contributed by atoms with van der Waals surface area (Å²) < 4.78 is 23.1. The van der Waals surface area contributed by atoms with E-state index in [0.29, 0.717) is 28.0 Å². The highest BCUT2D eigenvalue weighted by molar-refractivity contribution is 6.30. The Hall–Kier alpha value is -3.30. The van der Waals surface area contributed by atoms with Crippen molar-refractivity contribution in [3.05, 3.63) is 93.5 Å². The van der Waals surface area contributed by atoms with E-state index in [1.807, 2.05) is 43.3 Å². The number of rotatable bonds is 12. The lowest BCUT2D eigenvalue weighted by Crippen LogP contribution is -2.56. The fourth-order valence-electron chi connectivity index (χ4n) is 5.08. The average molecular weight is 603 g/mol. The molecule has 4 rings (SSSR count). The fraction of sp³-hybridized carbons (Fsp3) is 0.355. The number of halogens is 2. The van der Waals surface area contributed by atoms with E-state index in [1.54, 1.807) is 49.5 Å². The van der Waals surface area contributed by atoms with Crippen LogP contribution in [0.1, 0.15) is 48.6 Å². The number of methoxy groups -OCH3 is 2. The molecule has 3 aromatic carbocycles. The Kier molecular flexibility index (Phi) is 10.5. The molecular weight excluding hydrogens is 569 g/mol. The monoisotopic (exact) mass is 601 g/mol. The molecule has 1 heterocycles. The van der Waals surface area contributed by atoms with Crippen LogP contribution in [0.5, 0.6) is 11.5 Å². The van der Waals surface area contributed by atoms with E-state index in [2.05, 4.69) is 0 Å². The first-order valence-electron chi connectivity index (χ1n) is 13.2. The summed E-state index contributed by atoms with van der Waals surface area (Å²) >= 11 is 12.5. The first-order valence-corrected chi connectivity index (χ1v) is 14.0. The minimum atomic E-state index is -1.18. The molecule has 1 amide bonds. The van der Waals surface area contributed by atoms with Crippen LogP contribution in [0.4, 0.5) is 0 Å². The zero-order chi connectivity index (χ0) is 29.5. The minimum Gasteiger partial charge on any atom is -0.493 e. The van der Waals surface area contributed by atoms with Gasteiger partial charge in [0.05, 0.1) is 45.9 Å². The van der Waals surface area contributed by atoms with Gasteiger partial charge in [0.2, 0.25) is 0 Å². The van der Waals surface area contributed by atoms with Gasteiger partial charge in [-0.25, -0.2) is 0 Å². The number of hydrogen-bond acceptors (Lipinski definition) is 6. The van der Waals surface area contributed by atoms with Gasteiger partial charge in [-0.05, 0) is 59.5 Å². The molecule has 1 aliphatic rings. The lowest BCUT2D eigenvalue weighted by molar-refractivity contribution is -0.185. The first kappa shape index (κ1) is 30.7. The second kappa shape index (κ2) is 14.0. The molecule has 0 spiro atoms. The van der Waals surface area contributed by atoms with E-state index in [4.69, 9.17) is 42.1 Å². The average Bonchev–Trinajstić information content (AvgIpc) is 2.96. The number of carboxylic acids is 1. The predicted molar refractivity (Wildman–Crippen MR) is 156 cm³/mol. The number of morpholine rings is 1. The number of aliphatic carboxylic acids is 1. The van der Waals surface area contributed by atoms with E-state index in [0.717, 1.165) is 16.7 Å². The summed E-state index contributed by atoms with van der Waals surface area (Å²) in [6.07, 6.45) is -1.77. The minimum absolute atomic E-state index is 0.211. The highest BCUT2D eigenvalue weighted by atomic mass is 35.5. The van der Waals surface area contributed by atoms with Crippen LogP contribution < -0.4 is 9.47 Å². The van der Waals surface area contributed by atoms with Crippen LogP contribution in [0.2, 0.25) is 10.0 Å². The van der Waals surface area contributed by atoms with Crippen molar-refractivity contribution in [2.75, 3.05) is 20.8 Å². The summed E-state index contributed by atoms with van der Waals surface area (Å²) in [4.78, 5) is 27.4. The highest BCUT2D eigenvalue weighted by Crippen LogP contribution is 2.44. The van der Waals surface area contributed by atoms with E-state index in [9.17, 15) is 14.7 Å². The Labute approximate surface area is 249 Å². The summed E-state index contributed by atoms with van der Waals surface area (Å²) in [5, 5.41) is 10.7. The van der Waals surface area contributed by atoms with Crippen LogP contribution in [-0.4, -0.2) is 54.9 Å². The normalized spacial score (nSPS) is 19.6. The summed E-state index contributed by atoms with van der Waals surface area (Å²) in [6, 6.07) is 19.0. The molecule has 8 nitrogen and oxygen atoms in total. The molecule has 41 heavy (non-hydrogen) atoms. The zero-order valence-electron chi connectivity index (χ0n) is 23.1. The summed E-state index contributed by atoms with van der Waals surface area (Å²) in [7, 11) is 3.14. The van der Waals surface area contributed by atoms with Gasteiger partial charge in [0.15, 0.2) is 11.5 Å². The topological polar surface area (TPSA) is 94.5 Å². The Bertz CT molecular complexity index is 1350. The van der Waals surface area contributed by atoms with Gasteiger partial charge in [-0.3, -0.25) is 9.59 Å². The molecule has 0 radical (unpaired) electrons. The number of ether oxygens (including phenoxy) is 4. The number of amides is 1. The maximum Gasteiger partial charge on any atom is 0.306 e. The molecule has 1 saturated heterocycles. The van der Waals surface area contributed by atoms with Gasteiger partial charge < -0.3 is 29.0 Å². The van der Waals surface area contributed by atoms with Gasteiger partial charge in [0, 0.05) is 10.0 Å². The Morgan fingerprint density at radius 3 is 2.34 bits per heavy atom. The van der Waals surface area contributed by atoms with Crippen molar-refractivity contribution in [2.24, 2.45) is 0 Å². The quantitative estimate of drug-likeness (QED) is 0.253. The van der Waals surface area contributed by atoms with Gasteiger partial charge in [-0.2, -0.15) is 0 Å². The van der Waals surface area contributed by atoms with Crippen molar-refractivity contribution in [2.45, 2.75) is 50.7 Å². The predicted octanol–water partition coefficient (Wildman–Crippen LogP) is 6.49. The third kappa shape index (κ3) is 7.32. The number of nitrogens with zero attached hydrogens (tertiary/aromatic N) is 1. The molecule has 1 fully saturated rings. The van der Waals surface area contributed by atoms with E-state index in [1.165, 1.54) is 0 Å². The van der Waals surface area contributed by atoms with Crippen molar-refractivity contribution in [3.8, 4) is 11.5 Å². The van der Waals surface area contributed by atoms with Crippen LogP contribution >= 0.6 is 23.2 Å². The molecule has 1 N–H and O–H groups in total. The van der Waals surface area contributed by atoms with Gasteiger partial charge in [0.1, 0.15) is 12.2 Å². The van der Waals surface area contributed by atoms with Crippen LogP contribution in [0.15, 0.2) is 66.7 Å². The van der Waals surface area contributed by atoms with E-state index in [-0.39, 0.29) is 19.3 Å². The molecule has 3 aromatic rings. The van der Waals surface area contributed by atoms with Crippen molar-refractivity contribution < 1.29 is 33.6 Å². The molecule has 1 aliphatic heterocycles. The Balaban J connectivity index is 1.69. The van der Waals surface area contributed by atoms with Crippen LogP contribution in [0, 0.1) is 0 Å². The van der Waals surface area contributed by atoms with E-state index >= 15 is 0 Å². The summed E-state index contributed by atoms with van der Waals surface area (Å²) in [5.74, 6) is -0.334. The third-order valence-corrected chi connectivity index (χ3v) is 7.55. The molecule has 0 unspecified atom stereocenters. The number of hydrogen-bond donors (Lipinski definition) is 1. The second-order valence-electron chi connectivity index (χ2n) is 9.71. The number of benzene rings is 3. The molecule has 4 atom stereocenters. The summed E-state index contributed by atoms with van der Waals surface area (Å²) in [5.41, 5.74) is 2.40. The molecule has 218 valence electrons. The number of carbonyl (C=O) groups is 2. The lowest BCUT2D eigenvalue weighted by atomic mass is 9.89. The maximum atomic E-state index is 13.9. The van der Waals surface area contributed by atoms with Gasteiger partial charge in [0.25, 0.3) is 5.91 Å². The Morgan fingerprint density at radius 1 is 0.976 bits per heavy atom. The lowest BCUT2D eigenvalue weighted by Gasteiger charge is -2.48. The van der Waals surface area contributed by atoms with Crippen LogP contribution in [0.3, 0.4) is 0 Å². The molecular formula is C31H33Cl2NO7. The Morgan fingerprint density at radius 2 is 1.71 bits per heavy atom. The SMILES string of the molecule is CC[C@@H](COCc1ccc(OC)c(OC)c1)N1C(=O)[C@@H](CC(=O)O)O[C@H](c2cccc(Cl)c2)[C@H]1c1ccc(Cl)cc1. The van der Waals surface area contributed by atoms with Gasteiger partial charge >= 0.3 is 5.97 Å². The zero-order valence-corrected chi connectivity index (χ0v) is 24.6. The number of carboxylic acid groups (broad SMARTS) is 1. The standard InChI is InChI=1S/C31H33Cl2NO7/c1-4-24(18-40-17-19-8-13-25(38-2)26(14-19)39-3)34-29(20-9-11-22(32)12-10-20)30(21-6-5-7-23(33)15-21)41-27(31(34)37)16-28(35)36/h5-15,24,27,29-30H,4,16-18H2,1-3H3,(H,35,36)/t24-,27+,29+,30+/m0/s1. The van der Waals surface area contributed by atoms with Crippen LogP contribution in [-0.2, 0) is 25.7 Å². The first-order chi connectivity index (χ1) is 19.7. The number of carbonyl (C=O) groups excluding carboxylic acids is 1. The third-order valence-electron chi connectivity index (χ3n) is 7.07. The van der Waals surface area contributed by atoms with Gasteiger partial charge in [-0.15, -0.1) is 0 Å². The van der Waals surface area contributed by atoms with E-state index < -0.39 is 36.5 Å². The van der Waals surface area contributed by atoms with Crippen molar-refractivity contribution in [1.29, 1.82) is 0 Å². The van der Waals surface area contributed by atoms with Gasteiger partial charge in [-0.1, -0.05) is 60.5 Å². The van der Waals surface area contributed by atoms with Crippen molar-refractivity contribution in [1.82, 2.24) is 4.90 Å². The highest BCUT2D eigenvalue weighted by Gasteiger charge is 2.47. The molecule has 0 aliphatic carbocycles. The summed E-state index contributed by atoms with van der Waals surface area (Å²) in [6.45, 7) is 2.45. The fourth-order valence-corrected chi connectivity index (χ4v) is 5.40. The van der Waals surface area contributed by atoms with Crippen molar-refractivity contribution in [3.63, 3.8) is 0 Å². The molecule has 0 saturated carbocycles. The maximum absolute atomic E-state index is 13.9.